The van der Waals surface area contributed by atoms with Gasteiger partial charge in [0.25, 0.3) is 0 Å². The second-order valence-corrected chi connectivity index (χ2v) is 6.90. The van der Waals surface area contributed by atoms with E-state index in [2.05, 4.69) is 20.9 Å². The number of aromatic nitrogens is 1. The third-order valence-electron chi connectivity index (χ3n) is 3.95. The monoisotopic (exact) mass is 439 g/mol. The van der Waals surface area contributed by atoms with Crippen molar-refractivity contribution in [3.63, 3.8) is 0 Å². The van der Waals surface area contributed by atoms with Crippen LogP contribution in [0.1, 0.15) is 46.0 Å². The van der Waals surface area contributed by atoms with Crippen molar-refractivity contribution >= 4 is 33.5 Å². The number of carbonyl (C=O) groups is 3. The van der Waals surface area contributed by atoms with E-state index in [-0.39, 0.29) is 17.2 Å². The highest BCUT2D eigenvalue weighted by Gasteiger charge is 2.26. The first-order valence-corrected chi connectivity index (χ1v) is 8.92. The standard InChI is InChI=1S/C19H19BrFNO5/c1-9-17(11(3)23)10(2)22-18(9)19(25)12(4)27-16(24)8-26-15-6-5-13(21)7-14(15)20/h5-7,12,22H,8H2,1-4H3. The molecule has 1 aromatic heterocycles. The van der Waals surface area contributed by atoms with Gasteiger partial charge in [0, 0.05) is 11.3 Å². The molecule has 8 heteroatoms. The third-order valence-corrected chi connectivity index (χ3v) is 4.57. The summed E-state index contributed by atoms with van der Waals surface area (Å²) in [4.78, 5) is 39.1. The number of halogens is 2. The lowest BCUT2D eigenvalue weighted by Gasteiger charge is -2.13. The number of ketones is 2. The smallest absolute Gasteiger partial charge is 0.344 e. The van der Waals surface area contributed by atoms with Crippen LogP contribution in [0.4, 0.5) is 4.39 Å². The summed E-state index contributed by atoms with van der Waals surface area (Å²) in [5.74, 6) is -1.52. The summed E-state index contributed by atoms with van der Waals surface area (Å²) >= 11 is 3.13. The van der Waals surface area contributed by atoms with Crippen LogP contribution in [0.5, 0.6) is 5.75 Å². The van der Waals surface area contributed by atoms with E-state index in [0.717, 1.165) is 0 Å². The van der Waals surface area contributed by atoms with Crippen molar-refractivity contribution in [2.75, 3.05) is 6.61 Å². The molecule has 1 N–H and O–H groups in total. The number of aromatic amines is 1. The number of H-pyrrole nitrogens is 1. The fourth-order valence-electron chi connectivity index (χ4n) is 2.74. The molecule has 0 radical (unpaired) electrons. The maximum absolute atomic E-state index is 13.0. The highest BCUT2D eigenvalue weighted by Crippen LogP contribution is 2.25. The predicted molar refractivity (Wildman–Crippen MR) is 99.8 cm³/mol. The van der Waals surface area contributed by atoms with Gasteiger partial charge >= 0.3 is 5.97 Å². The van der Waals surface area contributed by atoms with Gasteiger partial charge in [0.15, 0.2) is 18.5 Å². The van der Waals surface area contributed by atoms with Gasteiger partial charge in [-0.2, -0.15) is 0 Å². The van der Waals surface area contributed by atoms with Crippen molar-refractivity contribution in [2.24, 2.45) is 0 Å². The number of hydrogen-bond donors (Lipinski definition) is 1. The fraction of sp³-hybridized carbons (Fsp3) is 0.316. The summed E-state index contributed by atoms with van der Waals surface area (Å²) < 4.78 is 23.8. The topological polar surface area (TPSA) is 85.5 Å². The summed E-state index contributed by atoms with van der Waals surface area (Å²) in [7, 11) is 0. The first-order valence-electron chi connectivity index (χ1n) is 8.13. The Kier molecular flexibility index (Phi) is 6.54. The SMILES string of the molecule is CC(=O)c1c(C)[nH]c(C(=O)C(C)OC(=O)COc2ccc(F)cc2Br)c1C. The van der Waals surface area contributed by atoms with Gasteiger partial charge in [-0.05, 0) is 67.4 Å². The molecular formula is C19H19BrFNO5. The summed E-state index contributed by atoms with van der Waals surface area (Å²) in [5.41, 5.74) is 1.81. The van der Waals surface area contributed by atoms with Gasteiger partial charge in [-0.3, -0.25) is 9.59 Å². The lowest BCUT2D eigenvalue weighted by molar-refractivity contribution is -0.148. The fourth-order valence-corrected chi connectivity index (χ4v) is 3.21. The second kappa shape index (κ2) is 8.47. The Hall–Kier alpha value is -2.48. The van der Waals surface area contributed by atoms with Crippen molar-refractivity contribution in [1.82, 2.24) is 4.98 Å². The van der Waals surface area contributed by atoms with E-state index in [4.69, 9.17) is 9.47 Å². The number of hydrogen-bond acceptors (Lipinski definition) is 5. The third kappa shape index (κ3) is 4.82. The van der Waals surface area contributed by atoms with E-state index < -0.39 is 30.3 Å². The molecule has 6 nitrogen and oxygen atoms in total. The molecule has 0 saturated carbocycles. The zero-order chi connectivity index (χ0) is 20.3. The molecule has 0 bridgehead atoms. The van der Waals surface area contributed by atoms with Crippen LogP contribution in [-0.4, -0.2) is 35.2 Å². The van der Waals surface area contributed by atoms with E-state index in [0.29, 0.717) is 21.3 Å². The Balaban J connectivity index is 2.01. The molecule has 1 atom stereocenters. The van der Waals surface area contributed by atoms with E-state index in [9.17, 15) is 18.8 Å². The minimum atomic E-state index is -1.06. The van der Waals surface area contributed by atoms with E-state index in [1.54, 1.807) is 13.8 Å². The Bertz CT molecular complexity index is 906. The number of carbonyl (C=O) groups excluding carboxylic acids is 3. The van der Waals surface area contributed by atoms with Crippen LogP contribution in [0.2, 0.25) is 0 Å². The highest BCUT2D eigenvalue weighted by molar-refractivity contribution is 9.10. The van der Waals surface area contributed by atoms with Crippen molar-refractivity contribution in [3.8, 4) is 5.75 Å². The molecule has 144 valence electrons. The number of esters is 1. The minimum Gasteiger partial charge on any atom is -0.481 e. The zero-order valence-corrected chi connectivity index (χ0v) is 16.9. The Morgan fingerprint density at radius 2 is 1.93 bits per heavy atom. The summed E-state index contributed by atoms with van der Waals surface area (Å²) in [6, 6.07) is 3.77. The molecule has 0 amide bonds. The molecule has 1 unspecified atom stereocenters. The molecule has 2 aromatic rings. The van der Waals surface area contributed by atoms with Gasteiger partial charge < -0.3 is 14.5 Å². The first kappa shape index (κ1) is 20.8. The van der Waals surface area contributed by atoms with Gasteiger partial charge in [0.2, 0.25) is 5.78 Å². The molecule has 0 spiro atoms. The zero-order valence-electron chi connectivity index (χ0n) is 15.3. The average Bonchev–Trinajstić information content (AvgIpc) is 2.87. The number of rotatable bonds is 7. The summed E-state index contributed by atoms with van der Waals surface area (Å²) in [6.07, 6.45) is -1.06. The first-order chi connectivity index (χ1) is 12.6. The molecule has 0 saturated heterocycles. The molecule has 0 aliphatic rings. The Labute approximate surface area is 164 Å². The molecule has 0 aliphatic carbocycles. The van der Waals surface area contributed by atoms with Crippen LogP contribution >= 0.6 is 15.9 Å². The van der Waals surface area contributed by atoms with Crippen LogP contribution in [0.3, 0.4) is 0 Å². The summed E-state index contributed by atoms with van der Waals surface area (Å²) in [6.45, 7) is 5.79. The molecule has 1 heterocycles. The van der Waals surface area contributed by atoms with Gasteiger partial charge in [0.05, 0.1) is 10.2 Å². The van der Waals surface area contributed by atoms with E-state index in [1.165, 1.54) is 32.0 Å². The number of ether oxygens (including phenoxy) is 2. The van der Waals surface area contributed by atoms with Gasteiger partial charge in [-0.25, -0.2) is 9.18 Å². The Morgan fingerprint density at radius 3 is 2.48 bits per heavy atom. The maximum atomic E-state index is 13.0. The number of nitrogens with one attached hydrogen (secondary N) is 1. The van der Waals surface area contributed by atoms with E-state index >= 15 is 0 Å². The van der Waals surface area contributed by atoms with Crippen molar-refractivity contribution in [2.45, 2.75) is 33.8 Å². The Morgan fingerprint density at radius 1 is 1.26 bits per heavy atom. The van der Waals surface area contributed by atoms with Gasteiger partial charge in [-0.1, -0.05) is 0 Å². The second-order valence-electron chi connectivity index (χ2n) is 6.04. The number of aryl methyl sites for hydroxylation is 1. The van der Waals surface area contributed by atoms with Crippen LogP contribution in [0.15, 0.2) is 22.7 Å². The van der Waals surface area contributed by atoms with Crippen LogP contribution < -0.4 is 4.74 Å². The lowest BCUT2D eigenvalue weighted by atomic mass is 10.0. The van der Waals surface area contributed by atoms with E-state index in [1.807, 2.05) is 0 Å². The van der Waals surface area contributed by atoms with Crippen LogP contribution in [-0.2, 0) is 9.53 Å². The average molecular weight is 440 g/mol. The number of benzene rings is 1. The molecule has 1 aromatic carbocycles. The summed E-state index contributed by atoms with van der Waals surface area (Å²) in [5, 5.41) is 0. The minimum absolute atomic E-state index is 0.150. The van der Waals surface area contributed by atoms with Crippen molar-refractivity contribution in [1.29, 1.82) is 0 Å². The molecular weight excluding hydrogens is 421 g/mol. The maximum Gasteiger partial charge on any atom is 0.344 e. The van der Waals surface area contributed by atoms with Crippen LogP contribution in [0.25, 0.3) is 0 Å². The quantitative estimate of drug-likeness (QED) is 0.521. The van der Waals surface area contributed by atoms with Crippen molar-refractivity contribution in [3.05, 3.63) is 51.0 Å². The molecule has 27 heavy (non-hydrogen) atoms. The lowest BCUT2D eigenvalue weighted by Crippen LogP contribution is -2.28. The number of Topliss-reactive ketones (excluding diaryl/α,β-unsaturated/α-hetero) is 2. The highest BCUT2D eigenvalue weighted by atomic mass is 79.9. The van der Waals surface area contributed by atoms with Gasteiger partial charge in [-0.15, -0.1) is 0 Å². The van der Waals surface area contributed by atoms with Gasteiger partial charge in [0.1, 0.15) is 11.6 Å². The predicted octanol–water partition coefficient (Wildman–Crippen LogP) is 3.93. The molecule has 0 fully saturated rings. The molecule has 2 rings (SSSR count). The van der Waals surface area contributed by atoms with Crippen LogP contribution in [0, 0.1) is 19.7 Å². The van der Waals surface area contributed by atoms with Crippen molar-refractivity contribution < 1.29 is 28.2 Å². The largest absolute Gasteiger partial charge is 0.481 e. The molecule has 0 aliphatic heterocycles. The normalized spacial score (nSPS) is 11.8.